The quantitative estimate of drug-likeness (QED) is 0.420. The fraction of sp³-hybridized carbons (Fsp3) is 0.0588. The number of carbonyl (C=O) groups excluding carboxylic acids is 3. The number of benzene rings is 2. The van der Waals surface area contributed by atoms with Gasteiger partial charge in [0.2, 0.25) is 5.91 Å². The predicted octanol–water partition coefficient (Wildman–Crippen LogP) is 2.44. The molecule has 0 spiro atoms. The third kappa shape index (κ3) is 2.81. The summed E-state index contributed by atoms with van der Waals surface area (Å²) in [6, 6.07) is 11.1. The second-order valence-electron chi connectivity index (χ2n) is 5.69. The molecule has 2 heterocycles. The van der Waals surface area contributed by atoms with E-state index >= 15 is 0 Å². The molecule has 1 aliphatic heterocycles. The third-order valence-electron chi connectivity index (χ3n) is 4.02. The van der Waals surface area contributed by atoms with Crippen molar-refractivity contribution in [3.05, 3.63) is 63.7 Å². The molecule has 1 aromatic heterocycles. The van der Waals surface area contributed by atoms with Crippen molar-refractivity contribution in [2.75, 3.05) is 11.9 Å². The van der Waals surface area contributed by atoms with Gasteiger partial charge in [-0.1, -0.05) is 29.5 Å². The van der Waals surface area contributed by atoms with Crippen LogP contribution in [0.2, 0.25) is 0 Å². The fourth-order valence-electron chi connectivity index (χ4n) is 2.84. The Hall–Kier alpha value is -3.66. The van der Waals surface area contributed by atoms with Gasteiger partial charge in [-0.05, 0) is 18.2 Å². The van der Waals surface area contributed by atoms with Crippen LogP contribution in [0.15, 0.2) is 42.5 Å². The largest absolute Gasteiger partial charge is 0.300 e. The van der Waals surface area contributed by atoms with E-state index in [1.165, 1.54) is 23.5 Å². The molecule has 1 N–H and O–H groups in total. The fourth-order valence-corrected chi connectivity index (χ4v) is 3.72. The maximum atomic E-state index is 12.5. The van der Waals surface area contributed by atoms with E-state index in [1.807, 2.05) is 18.2 Å². The van der Waals surface area contributed by atoms with Crippen LogP contribution in [0.25, 0.3) is 10.2 Å². The number of hydrogen-bond acceptors (Lipinski definition) is 7. The minimum absolute atomic E-state index is 0.0815. The van der Waals surface area contributed by atoms with Crippen LogP contribution in [-0.4, -0.2) is 39.1 Å². The highest BCUT2D eigenvalue weighted by atomic mass is 32.1. The Balaban J connectivity index is 1.55. The normalized spacial score (nSPS) is 13.1. The van der Waals surface area contributed by atoms with Gasteiger partial charge in [0, 0.05) is 6.07 Å². The molecule has 1 aliphatic rings. The molecule has 0 saturated heterocycles. The number of nitro groups is 1. The number of aromatic nitrogens is 1. The summed E-state index contributed by atoms with van der Waals surface area (Å²) in [5.74, 6) is -2.22. The standard InChI is InChI=1S/C17H10N4O5S/c22-13(19-17-18-10-5-1-2-7-12(10)27-17)8-20-15(23)9-4-3-6-11(21(25)26)14(9)16(20)24/h1-7H,8H2,(H,18,19,22). The van der Waals surface area contributed by atoms with Gasteiger partial charge in [-0.3, -0.25) is 29.4 Å². The minimum Gasteiger partial charge on any atom is -0.300 e. The van der Waals surface area contributed by atoms with Crippen molar-refractivity contribution in [2.45, 2.75) is 0 Å². The maximum absolute atomic E-state index is 12.5. The maximum Gasteiger partial charge on any atom is 0.282 e. The van der Waals surface area contributed by atoms with E-state index in [4.69, 9.17) is 0 Å². The molecule has 0 unspecified atom stereocenters. The number of hydrogen-bond donors (Lipinski definition) is 1. The summed E-state index contributed by atoms with van der Waals surface area (Å²) in [6.45, 7) is -0.556. The average Bonchev–Trinajstić information content (AvgIpc) is 3.15. The monoisotopic (exact) mass is 382 g/mol. The summed E-state index contributed by atoms with van der Waals surface area (Å²) in [4.78, 5) is 52.5. The lowest BCUT2D eigenvalue weighted by Gasteiger charge is -2.12. The van der Waals surface area contributed by atoms with E-state index in [1.54, 1.807) is 6.07 Å². The number of fused-ring (bicyclic) bond motifs is 2. The van der Waals surface area contributed by atoms with Gasteiger partial charge in [0.1, 0.15) is 12.1 Å². The zero-order valence-electron chi connectivity index (χ0n) is 13.5. The van der Waals surface area contributed by atoms with E-state index in [0.717, 1.165) is 10.8 Å². The van der Waals surface area contributed by atoms with Gasteiger partial charge >= 0.3 is 0 Å². The van der Waals surface area contributed by atoms with E-state index in [-0.39, 0.29) is 11.1 Å². The predicted molar refractivity (Wildman–Crippen MR) is 96.7 cm³/mol. The summed E-state index contributed by atoms with van der Waals surface area (Å²) in [5, 5.41) is 14.0. The molecule has 0 fully saturated rings. The molecule has 0 radical (unpaired) electrons. The summed E-state index contributed by atoms with van der Waals surface area (Å²) in [5.41, 5.74) is -0.114. The van der Waals surface area contributed by atoms with Gasteiger partial charge < -0.3 is 5.32 Å². The van der Waals surface area contributed by atoms with Gasteiger partial charge in [-0.2, -0.15) is 0 Å². The second-order valence-corrected chi connectivity index (χ2v) is 6.72. The van der Waals surface area contributed by atoms with Crippen molar-refractivity contribution < 1.29 is 19.3 Å². The van der Waals surface area contributed by atoms with Crippen LogP contribution < -0.4 is 5.32 Å². The number of anilines is 1. The Labute approximate surface area is 155 Å². The first kappa shape index (κ1) is 16.8. The van der Waals surface area contributed by atoms with Gasteiger partial charge in [0.25, 0.3) is 17.5 Å². The molecule has 2 aromatic carbocycles. The summed E-state index contributed by atoms with van der Waals surface area (Å²) >= 11 is 1.26. The van der Waals surface area contributed by atoms with Crippen LogP contribution in [0, 0.1) is 10.1 Å². The zero-order valence-corrected chi connectivity index (χ0v) is 14.4. The van der Waals surface area contributed by atoms with Crippen LogP contribution >= 0.6 is 11.3 Å². The van der Waals surface area contributed by atoms with Crippen LogP contribution in [0.1, 0.15) is 20.7 Å². The summed E-state index contributed by atoms with van der Waals surface area (Å²) < 4.78 is 0.879. The van der Waals surface area contributed by atoms with Crippen molar-refractivity contribution in [1.82, 2.24) is 9.88 Å². The topological polar surface area (TPSA) is 123 Å². The van der Waals surface area contributed by atoms with Gasteiger partial charge in [0.05, 0.1) is 20.7 Å². The van der Waals surface area contributed by atoms with Crippen molar-refractivity contribution in [3.8, 4) is 0 Å². The van der Waals surface area contributed by atoms with E-state index in [2.05, 4.69) is 10.3 Å². The molecule has 0 saturated carbocycles. The zero-order chi connectivity index (χ0) is 19.1. The molecule has 3 aromatic rings. The number of thiazole rings is 1. The number of carbonyl (C=O) groups is 3. The lowest BCUT2D eigenvalue weighted by molar-refractivity contribution is -0.385. The molecular formula is C17H10N4O5S. The summed E-state index contributed by atoms with van der Waals surface area (Å²) in [7, 11) is 0. The van der Waals surface area contributed by atoms with Crippen molar-refractivity contribution in [1.29, 1.82) is 0 Å². The van der Waals surface area contributed by atoms with Gasteiger partial charge in [0.15, 0.2) is 5.13 Å². The first-order valence-electron chi connectivity index (χ1n) is 7.74. The number of nitrogens with one attached hydrogen (secondary N) is 1. The van der Waals surface area contributed by atoms with Crippen molar-refractivity contribution in [2.24, 2.45) is 0 Å². The Morgan fingerprint density at radius 3 is 2.67 bits per heavy atom. The Bertz CT molecular complexity index is 1110. The SMILES string of the molecule is O=C(CN1C(=O)c2cccc([N+](=O)[O-])c2C1=O)Nc1nc2ccccc2s1. The Morgan fingerprint density at radius 2 is 1.93 bits per heavy atom. The average molecular weight is 382 g/mol. The van der Waals surface area contributed by atoms with Crippen molar-refractivity contribution >= 4 is 50.1 Å². The molecule has 134 valence electrons. The molecule has 4 rings (SSSR count). The number of nitro benzene ring substituents is 1. The molecular weight excluding hydrogens is 372 g/mol. The minimum atomic E-state index is -0.859. The highest BCUT2D eigenvalue weighted by Crippen LogP contribution is 2.31. The Morgan fingerprint density at radius 1 is 1.15 bits per heavy atom. The lowest BCUT2D eigenvalue weighted by atomic mass is 10.1. The molecule has 0 atom stereocenters. The van der Waals surface area contributed by atoms with E-state index in [9.17, 15) is 24.5 Å². The van der Waals surface area contributed by atoms with E-state index in [0.29, 0.717) is 15.5 Å². The highest BCUT2D eigenvalue weighted by molar-refractivity contribution is 7.22. The Kier molecular flexibility index (Phi) is 3.89. The number of rotatable bonds is 4. The summed E-state index contributed by atoms with van der Waals surface area (Å²) in [6.07, 6.45) is 0. The van der Waals surface area contributed by atoms with Crippen LogP contribution in [0.5, 0.6) is 0 Å². The second kappa shape index (κ2) is 6.25. The number of para-hydroxylation sites is 1. The van der Waals surface area contributed by atoms with Crippen LogP contribution in [0.4, 0.5) is 10.8 Å². The smallest absolute Gasteiger partial charge is 0.282 e. The lowest BCUT2D eigenvalue weighted by Crippen LogP contribution is -2.37. The number of amides is 3. The van der Waals surface area contributed by atoms with Crippen LogP contribution in [-0.2, 0) is 4.79 Å². The first-order valence-corrected chi connectivity index (χ1v) is 8.56. The molecule has 0 bridgehead atoms. The number of imide groups is 1. The first-order chi connectivity index (χ1) is 13.0. The highest BCUT2D eigenvalue weighted by Gasteiger charge is 2.41. The third-order valence-corrected chi connectivity index (χ3v) is 4.97. The number of nitrogens with zero attached hydrogens (tertiary/aromatic N) is 3. The van der Waals surface area contributed by atoms with Gasteiger partial charge in [-0.15, -0.1) is 0 Å². The molecule has 3 amide bonds. The van der Waals surface area contributed by atoms with Crippen molar-refractivity contribution in [3.63, 3.8) is 0 Å². The van der Waals surface area contributed by atoms with E-state index < -0.39 is 34.9 Å². The van der Waals surface area contributed by atoms with Crippen LogP contribution in [0.3, 0.4) is 0 Å². The molecule has 27 heavy (non-hydrogen) atoms. The van der Waals surface area contributed by atoms with Gasteiger partial charge in [-0.25, -0.2) is 4.98 Å². The molecule has 10 heteroatoms. The molecule has 0 aliphatic carbocycles. The molecule has 9 nitrogen and oxygen atoms in total.